The number of carbonyl (C=O) groups excluding carboxylic acids is 1. The summed E-state index contributed by atoms with van der Waals surface area (Å²) in [4.78, 5) is 44.3. The number of benzene rings is 1. The molecule has 0 aliphatic carbocycles. The van der Waals surface area contributed by atoms with Gasteiger partial charge in [-0.3, -0.25) is 9.36 Å². The number of anilines is 1. The lowest BCUT2D eigenvalue weighted by Crippen LogP contribution is -2.32. The van der Waals surface area contributed by atoms with Gasteiger partial charge >= 0.3 is 15.0 Å². The van der Waals surface area contributed by atoms with Crippen molar-refractivity contribution in [2.24, 2.45) is 0 Å². The Morgan fingerprint density at radius 1 is 1.32 bits per heavy atom. The van der Waals surface area contributed by atoms with Crippen LogP contribution in [0.5, 0.6) is 0 Å². The van der Waals surface area contributed by atoms with Gasteiger partial charge in [-0.1, -0.05) is 18.2 Å². The van der Waals surface area contributed by atoms with E-state index in [4.69, 9.17) is 35.4 Å². The maximum Gasteiger partial charge on any atom is 0.695 e. The molecule has 18 heteroatoms. The van der Waals surface area contributed by atoms with Crippen molar-refractivity contribution in [1.29, 1.82) is 5.26 Å². The molecule has 0 saturated carbocycles. The summed E-state index contributed by atoms with van der Waals surface area (Å²) in [5.41, 5.74) is 0.607. The fraction of sp³-hybridized carbons (Fsp3) is 0.350. The van der Waals surface area contributed by atoms with E-state index in [2.05, 4.69) is 20.3 Å². The number of aromatic nitrogens is 4. The molecule has 1 aliphatic rings. The van der Waals surface area contributed by atoms with Crippen LogP contribution in [0.2, 0.25) is 0 Å². The van der Waals surface area contributed by atoms with Crippen LogP contribution in [0.1, 0.15) is 23.0 Å². The molecule has 1 aliphatic heterocycles. The van der Waals surface area contributed by atoms with Crippen molar-refractivity contribution in [2.45, 2.75) is 31.0 Å². The summed E-state index contributed by atoms with van der Waals surface area (Å²) in [6.07, 6.45) is -4.06. The number of nitrogens with zero attached hydrogens (tertiary/aromatic N) is 5. The fourth-order valence-corrected chi connectivity index (χ4v) is 5.19. The Labute approximate surface area is 220 Å². The van der Waals surface area contributed by atoms with Crippen molar-refractivity contribution < 1.29 is 41.8 Å². The van der Waals surface area contributed by atoms with E-state index in [1.165, 1.54) is 10.9 Å². The van der Waals surface area contributed by atoms with Crippen molar-refractivity contribution >= 4 is 49.7 Å². The zero-order valence-corrected chi connectivity index (χ0v) is 21.8. The predicted octanol–water partition coefficient (Wildman–Crippen LogP) is 2.51. The third-order valence-electron chi connectivity index (χ3n) is 5.25. The molecular weight excluding hydrogens is 565 g/mol. The van der Waals surface area contributed by atoms with Gasteiger partial charge in [0.05, 0.1) is 32.0 Å². The van der Waals surface area contributed by atoms with Crippen LogP contribution in [-0.4, -0.2) is 66.8 Å². The van der Waals surface area contributed by atoms with Crippen LogP contribution in [0, 0.1) is 11.3 Å². The number of rotatable bonds is 11. The maximum absolute atomic E-state index is 15.5. The topological polar surface area (TPSA) is 191 Å². The number of amides is 1. The zero-order valence-electron chi connectivity index (χ0n) is 19.2. The van der Waals surface area contributed by atoms with E-state index in [-0.39, 0.29) is 30.0 Å². The van der Waals surface area contributed by atoms with Gasteiger partial charge in [-0.25, -0.2) is 19.3 Å². The first kappa shape index (κ1) is 28.2. The van der Waals surface area contributed by atoms with E-state index in [9.17, 15) is 19.1 Å². The molecule has 1 aromatic carbocycles. The minimum Gasteiger partial charge on any atom is -0.346 e. The molecule has 4 rings (SSSR count). The summed E-state index contributed by atoms with van der Waals surface area (Å²) < 4.78 is 48.8. The monoisotopic (exact) mass is 585 g/mol. The average Bonchev–Trinajstić information content (AvgIpc) is 3.45. The lowest BCUT2D eigenvalue weighted by molar-refractivity contribution is -0.0415. The Hall–Kier alpha value is -2.83. The van der Waals surface area contributed by atoms with E-state index in [0.717, 1.165) is 6.33 Å². The normalized spacial score (nSPS) is 23.1. The number of imidazole rings is 1. The number of fused-ring (bicyclic) bond motifs is 1. The molecular formula is C20H20FN6O8P2S+. The molecule has 14 nitrogen and oxygen atoms in total. The molecule has 0 bridgehead atoms. The van der Waals surface area contributed by atoms with Gasteiger partial charge in [0.2, 0.25) is 0 Å². The Balaban J connectivity index is 1.55. The van der Waals surface area contributed by atoms with Gasteiger partial charge in [0, 0.05) is 10.1 Å². The third kappa shape index (κ3) is 6.59. The minimum atomic E-state index is -3.81. The molecule has 3 N–H and O–H groups in total. The summed E-state index contributed by atoms with van der Waals surface area (Å²) in [5.74, 6) is -0.382. The molecule has 2 unspecified atom stereocenters. The van der Waals surface area contributed by atoms with Gasteiger partial charge in [-0.2, -0.15) is 5.26 Å². The van der Waals surface area contributed by atoms with Crippen LogP contribution in [0.15, 0.2) is 43.0 Å². The lowest BCUT2D eigenvalue weighted by atomic mass is 10.1. The summed E-state index contributed by atoms with van der Waals surface area (Å²) in [5, 5.41) is 11.2. The van der Waals surface area contributed by atoms with Crippen LogP contribution in [0.4, 0.5) is 10.2 Å². The average molecular weight is 585 g/mol. The van der Waals surface area contributed by atoms with E-state index in [0.29, 0.717) is 5.56 Å². The highest BCUT2D eigenvalue weighted by Gasteiger charge is 2.52. The highest BCUT2D eigenvalue weighted by molar-refractivity contribution is 8.07. The van der Waals surface area contributed by atoms with Crippen molar-refractivity contribution in [3.63, 3.8) is 0 Å². The molecule has 1 saturated heterocycles. The summed E-state index contributed by atoms with van der Waals surface area (Å²) in [6, 6.07) is 10.2. The second-order valence-electron chi connectivity index (χ2n) is 7.69. The first-order valence-corrected chi connectivity index (χ1v) is 14.6. The quantitative estimate of drug-likeness (QED) is 0.220. The first-order valence-electron chi connectivity index (χ1n) is 10.9. The van der Waals surface area contributed by atoms with Gasteiger partial charge in [0.15, 0.2) is 35.5 Å². The fourth-order valence-electron chi connectivity index (χ4n) is 3.59. The van der Waals surface area contributed by atoms with E-state index >= 15 is 4.39 Å². The van der Waals surface area contributed by atoms with Gasteiger partial charge in [-0.05, 0) is 23.9 Å². The number of ether oxygens (including phenoxy) is 1. The first-order chi connectivity index (χ1) is 18.2. The van der Waals surface area contributed by atoms with Gasteiger partial charge in [0.1, 0.15) is 12.4 Å². The van der Waals surface area contributed by atoms with E-state index < -0.39 is 52.1 Å². The SMILES string of the molecule is N#CCCOP(O)(=S)OC[C@H]1O[C@@H](n2cnc3c(NC(=O)c4ccccc4)ncnc32)[C@H](F)[C@@H]1O[P+](=O)O. The molecule has 38 heavy (non-hydrogen) atoms. The van der Waals surface area contributed by atoms with Crippen LogP contribution in [-0.2, 0) is 34.7 Å². The van der Waals surface area contributed by atoms with Crippen molar-refractivity contribution in [3.05, 3.63) is 48.5 Å². The molecule has 6 atom stereocenters. The number of hydrogen-bond donors (Lipinski definition) is 3. The lowest BCUT2D eigenvalue weighted by Gasteiger charge is -2.19. The van der Waals surface area contributed by atoms with E-state index in [1.54, 1.807) is 30.3 Å². The minimum absolute atomic E-state index is 0.0447. The largest absolute Gasteiger partial charge is 0.695 e. The van der Waals surface area contributed by atoms with Crippen molar-refractivity contribution in [1.82, 2.24) is 19.5 Å². The number of carbonyl (C=O) groups is 1. The second kappa shape index (κ2) is 12.4. The standard InChI is InChI=1S/C20H19FN6O8P2S/c21-14-16(35-36(29)30)13(9-33-37(31,38)32-8-4-7-22)34-20(14)27-11-25-15-17(23-10-24-18(15)27)26-19(28)12-5-2-1-3-6-12/h1-3,5-6,10-11,13-14,16,20H,4,8-9H2,(H2-,23,24,26,28,29,30,31,38)/p+1/t13-,14-,16-,20-,37?/m1/s1. The molecule has 0 radical (unpaired) electrons. The Bertz CT molecular complexity index is 1410. The summed E-state index contributed by atoms with van der Waals surface area (Å²) >= 11 is 4.85. The van der Waals surface area contributed by atoms with Gasteiger partial charge in [0.25, 0.3) is 5.91 Å². The van der Waals surface area contributed by atoms with Gasteiger partial charge < -0.3 is 24.0 Å². The number of halogens is 1. The number of alkyl halides is 1. The predicted molar refractivity (Wildman–Crippen MR) is 132 cm³/mol. The Morgan fingerprint density at radius 2 is 2.08 bits per heavy atom. The molecule has 200 valence electrons. The Morgan fingerprint density at radius 3 is 2.79 bits per heavy atom. The smallest absolute Gasteiger partial charge is 0.346 e. The van der Waals surface area contributed by atoms with Crippen LogP contribution < -0.4 is 5.32 Å². The zero-order chi connectivity index (χ0) is 27.3. The molecule has 0 spiro atoms. The van der Waals surface area contributed by atoms with Crippen LogP contribution in [0.25, 0.3) is 11.2 Å². The maximum atomic E-state index is 15.5. The highest BCUT2D eigenvalue weighted by atomic mass is 32.5. The molecule has 1 fully saturated rings. The summed E-state index contributed by atoms with van der Waals surface area (Å²) in [7, 11) is -3.23. The number of nitrogens with one attached hydrogen (secondary N) is 1. The van der Waals surface area contributed by atoms with E-state index in [1.807, 2.05) is 6.07 Å². The van der Waals surface area contributed by atoms with Crippen molar-refractivity contribution in [2.75, 3.05) is 18.5 Å². The highest BCUT2D eigenvalue weighted by Crippen LogP contribution is 2.46. The summed E-state index contributed by atoms with van der Waals surface area (Å²) in [6.45, 7) is -4.55. The number of hydrogen-bond acceptors (Lipinski definition) is 11. The van der Waals surface area contributed by atoms with Gasteiger partial charge in [-0.15, -0.1) is 9.42 Å². The van der Waals surface area contributed by atoms with Crippen LogP contribution in [0.3, 0.4) is 0 Å². The molecule has 3 aromatic rings. The second-order valence-corrected chi connectivity index (χ2v) is 11.2. The third-order valence-corrected chi connectivity index (χ3v) is 7.29. The molecule has 2 aromatic heterocycles. The Kier molecular flexibility index (Phi) is 9.16. The molecule has 1 amide bonds. The van der Waals surface area contributed by atoms with Crippen LogP contribution >= 0.6 is 15.0 Å². The number of nitriles is 1. The molecule has 3 heterocycles. The van der Waals surface area contributed by atoms with Crippen molar-refractivity contribution in [3.8, 4) is 6.07 Å².